The summed E-state index contributed by atoms with van der Waals surface area (Å²) in [4.78, 5) is 29.7. The molecular formula is C16H18N4O2S. The van der Waals surface area contributed by atoms with Crippen molar-refractivity contribution in [2.75, 3.05) is 25.0 Å². The van der Waals surface area contributed by atoms with Crippen LogP contribution in [0.15, 0.2) is 18.3 Å². The van der Waals surface area contributed by atoms with Gasteiger partial charge in [0, 0.05) is 35.4 Å². The second-order valence-corrected chi connectivity index (χ2v) is 7.38. The summed E-state index contributed by atoms with van der Waals surface area (Å²) >= 11 is 1.44. The van der Waals surface area contributed by atoms with Crippen LogP contribution in [0.3, 0.4) is 0 Å². The first kappa shape index (κ1) is 14.6. The lowest BCUT2D eigenvalue weighted by molar-refractivity contribution is -0.105. The summed E-state index contributed by atoms with van der Waals surface area (Å²) in [5.74, 6) is 0.608. The Balaban J connectivity index is 1.49. The number of amides is 2. The normalized spacial score (nSPS) is 26.2. The number of carbonyl (C=O) groups excluding carboxylic acids is 2. The Kier molecular flexibility index (Phi) is 3.74. The van der Waals surface area contributed by atoms with E-state index in [1.807, 2.05) is 6.07 Å². The summed E-state index contributed by atoms with van der Waals surface area (Å²) in [7, 11) is 0. The molecule has 2 aromatic heterocycles. The van der Waals surface area contributed by atoms with E-state index in [1.165, 1.54) is 24.3 Å². The lowest BCUT2D eigenvalue weighted by Crippen LogP contribution is -2.47. The number of thiophene rings is 1. The van der Waals surface area contributed by atoms with Crippen LogP contribution in [0, 0.1) is 5.92 Å². The van der Waals surface area contributed by atoms with Gasteiger partial charge in [0.25, 0.3) is 5.91 Å². The van der Waals surface area contributed by atoms with E-state index in [1.54, 1.807) is 12.3 Å². The lowest BCUT2D eigenvalue weighted by Gasteiger charge is -2.30. The van der Waals surface area contributed by atoms with Crippen LogP contribution in [0.5, 0.6) is 0 Å². The molecule has 3 unspecified atom stereocenters. The van der Waals surface area contributed by atoms with E-state index in [2.05, 4.69) is 20.5 Å². The molecule has 4 rings (SSSR count). The van der Waals surface area contributed by atoms with Crippen LogP contribution < -0.4 is 10.6 Å². The molecule has 2 fully saturated rings. The largest absolute Gasteiger partial charge is 0.347 e. The van der Waals surface area contributed by atoms with Crippen LogP contribution in [-0.4, -0.2) is 47.9 Å². The van der Waals surface area contributed by atoms with Gasteiger partial charge < -0.3 is 15.5 Å². The van der Waals surface area contributed by atoms with E-state index in [0.717, 1.165) is 40.5 Å². The van der Waals surface area contributed by atoms with Gasteiger partial charge in [-0.2, -0.15) is 0 Å². The van der Waals surface area contributed by atoms with Crippen LogP contribution >= 0.6 is 11.3 Å². The fourth-order valence-electron chi connectivity index (χ4n) is 3.61. The molecule has 0 aliphatic carbocycles. The number of fused-ring (bicyclic) bond motifs is 3. The summed E-state index contributed by atoms with van der Waals surface area (Å²) in [6.45, 7) is 3.28. The molecule has 2 bridgehead atoms. The smallest absolute Gasteiger partial charge is 0.270 e. The summed E-state index contributed by atoms with van der Waals surface area (Å²) in [5.41, 5.74) is 0.435. The van der Waals surface area contributed by atoms with Gasteiger partial charge in [0.05, 0.1) is 5.00 Å². The van der Waals surface area contributed by atoms with E-state index in [4.69, 9.17) is 0 Å². The Bertz CT molecular complexity index is 748. The molecule has 2 aliphatic rings. The average Bonchev–Trinajstić information content (AvgIpc) is 3.09. The first-order valence-corrected chi connectivity index (χ1v) is 8.66. The van der Waals surface area contributed by atoms with Crippen molar-refractivity contribution in [1.29, 1.82) is 0 Å². The van der Waals surface area contributed by atoms with E-state index in [0.29, 0.717) is 12.1 Å². The number of piperidine rings is 1. The topological polar surface area (TPSA) is 74.3 Å². The second-order valence-electron chi connectivity index (χ2n) is 6.30. The van der Waals surface area contributed by atoms with Crippen molar-refractivity contribution in [3.63, 3.8) is 0 Å². The molecule has 23 heavy (non-hydrogen) atoms. The Morgan fingerprint density at radius 2 is 2.30 bits per heavy atom. The molecule has 3 atom stereocenters. The quantitative estimate of drug-likeness (QED) is 0.837. The predicted molar refractivity (Wildman–Crippen MR) is 89.7 cm³/mol. The molecule has 4 heterocycles. The van der Waals surface area contributed by atoms with Crippen LogP contribution in [0.2, 0.25) is 0 Å². The number of anilines is 1. The van der Waals surface area contributed by atoms with Crippen molar-refractivity contribution in [3.8, 4) is 0 Å². The van der Waals surface area contributed by atoms with Crippen molar-refractivity contribution < 1.29 is 9.59 Å². The van der Waals surface area contributed by atoms with Crippen molar-refractivity contribution in [3.05, 3.63) is 24.0 Å². The molecule has 0 aromatic carbocycles. The number of carbonyl (C=O) groups is 2. The number of nitrogens with one attached hydrogen (secondary N) is 2. The molecule has 6 nitrogen and oxygen atoms in total. The lowest BCUT2D eigenvalue weighted by atomic mass is 9.97. The highest BCUT2D eigenvalue weighted by Crippen LogP contribution is 2.30. The molecule has 0 radical (unpaired) electrons. The molecule has 2 amide bonds. The minimum Gasteiger partial charge on any atom is -0.347 e. The zero-order valence-electron chi connectivity index (χ0n) is 12.6. The molecule has 7 heteroatoms. The maximum atomic E-state index is 12.5. The maximum Gasteiger partial charge on any atom is 0.270 e. The zero-order valence-corrected chi connectivity index (χ0v) is 13.4. The molecule has 0 saturated carbocycles. The standard InChI is InChI=1S/C16H18N4O2S/c21-9-18-15-4-11-6-17-13(5-14(11)23-15)16(22)19-12-3-10-1-2-20(7-10)8-12/h4-6,9-10,12H,1-3,7-8H2,(H,18,21)(H,19,22). The van der Waals surface area contributed by atoms with Gasteiger partial charge in [0.15, 0.2) is 0 Å². The van der Waals surface area contributed by atoms with Crippen LogP contribution in [0.4, 0.5) is 5.00 Å². The minimum atomic E-state index is -0.113. The van der Waals surface area contributed by atoms with Crippen LogP contribution in [0.1, 0.15) is 23.3 Å². The number of nitrogens with zero attached hydrogens (tertiary/aromatic N) is 2. The first-order chi connectivity index (χ1) is 11.2. The van der Waals surface area contributed by atoms with E-state index in [9.17, 15) is 9.59 Å². The number of aromatic nitrogens is 1. The number of hydrogen-bond donors (Lipinski definition) is 2. The Morgan fingerprint density at radius 1 is 1.39 bits per heavy atom. The van der Waals surface area contributed by atoms with E-state index in [-0.39, 0.29) is 11.9 Å². The van der Waals surface area contributed by atoms with Gasteiger partial charge in [-0.25, -0.2) is 0 Å². The number of hydrogen-bond acceptors (Lipinski definition) is 5. The van der Waals surface area contributed by atoms with Gasteiger partial charge in [-0.05, 0) is 37.4 Å². The van der Waals surface area contributed by atoms with Gasteiger partial charge in [-0.1, -0.05) is 0 Å². The van der Waals surface area contributed by atoms with Crippen molar-refractivity contribution in [2.45, 2.75) is 18.9 Å². The number of pyridine rings is 1. The fraction of sp³-hybridized carbons (Fsp3) is 0.438. The molecule has 2 N–H and O–H groups in total. The van der Waals surface area contributed by atoms with Crippen LogP contribution in [-0.2, 0) is 4.79 Å². The van der Waals surface area contributed by atoms with E-state index < -0.39 is 0 Å². The Morgan fingerprint density at radius 3 is 3.13 bits per heavy atom. The SMILES string of the molecule is O=CNc1cc2cnc(C(=O)NC3CC4CCN(C4)C3)cc2s1. The monoisotopic (exact) mass is 330 g/mol. The van der Waals surface area contributed by atoms with Gasteiger partial charge in [0.2, 0.25) is 6.41 Å². The summed E-state index contributed by atoms with van der Waals surface area (Å²) in [6.07, 6.45) is 4.65. The van der Waals surface area contributed by atoms with Gasteiger partial charge >= 0.3 is 0 Å². The Hall–Kier alpha value is -1.99. The first-order valence-electron chi connectivity index (χ1n) is 7.84. The average molecular weight is 330 g/mol. The molecule has 2 aliphatic heterocycles. The van der Waals surface area contributed by atoms with Gasteiger partial charge in [0.1, 0.15) is 5.69 Å². The highest BCUT2D eigenvalue weighted by atomic mass is 32.1. The van der Waals surface area contributed by atoms with Gasteiger partial charge in [-0.15, -0.1) is 11.3 Å². The minimum absolute atomic E-state index is 0.113. The third-order valence-corrected chi connectivity index (χ3v) is 5.67. The highest BCUT2D eigenvalue weighted by molar-refractivity contribution is 7.22. The molecular weight excluding hydrogens is 312 g/mol. The second kappa shape index (κ2) is 5.90. The molecule has 120 valence electrons. The summed E-state index contributed by atoms with van der Waals surface area (Å²) in [5, 5.41) is 7.44. The van der Waals surface area contributed by atoms with E-state index >= 15 is 0 Å². The van der Waals surface area contributed by atoms with Crippen LogP contribution in [0.25, 0.3) is 10.1 Å². The van der Waals surface area contributed by atoms with Crippen molar-refractivity contribution in [2.24, 2.45) is 5.92 Å². The zero-order chi connectivity index (χ0) is 15.8. The molecule has 0 spiro atoms. The highest BCUT2D eigenvalue weighted by Gasteiger charge is 2.33. The van der Waals surface area contributed by atoms with Crippen molar-refractivity contribution in [1.82, 2.24) is 15.2 Å². The Labute approximate surface area is 137 Å². The summed E-state index contributed by atoms with van der Waals surface area (Å²) < 4.78 is 0.946. The third kappa shape index (κ3) is 2.94. The fourth-order valence-corrected chi connectivity index (χ4v) is 4.54. The predicted octanol–water partition coefficient (Wildman–Crippen LogP) is 1.69. The summed E-state index contributed by atoms with van der Waals surface area (Å²) in [6, 6.07) is 3.87. The number of rotatable bonds is 4. The van der Waals surface area contributed by atoms with Crippen molar-refractivity contribution >= 4 is 38.7 Å². The van der Waals surface area contributed by atoms with Gasteiger partial charge in [-0.3, -0.25) is 14.6 Å². The third-order valence-electron chi connectivity index (χ3n) is 4.64. The molecule has 2 aromatic rings. The maximum absolute atomic E-state index is 12.5. The molecule has 2 saturated heterocycles.